The van der Waals surface area contributed by atoms with E-state index >= 15 is 0 Å². The Bertz CT molecular complexity index is 295. The maximum absolute atomic E-state index is 6.63. The first-order chi connectivity index (χ1) is 7.10. The molecule has 0 bridgehead atoms. The number of rotatable bonds is 5. The molecular formula is C12H19ClOSi. The highest BCUT2D eigenvalue weighted by Gasteiger charge is 2.25. The molecule has 1 rings (SSSR count). The van der Waals surface area contributed by atoms with Gasteiger partial charge in [-0.3, -0.25) is 0 Å². The van der Waals surface area contributed by atoms with Crippen molar-refractivity contribution in [3.8, 4) is 5.75 Å². The molecule has 0 radical (unpaired) electrons. The van der Waals surface area contributed by atoms with E-state index in [9.17, 15) is 0 Å². The predicted molar refractivity (Wildman–Crippen MR) is 69.8 cm³/mol. The SMILES string of the molecule is CCCC[Si](C)(Cl)c1ccc(OC)cc1. The number of hydrogen-bond acceptors (Lipinski definition) is 1. The molecule has 1 unspecified atom stereocenters. The lowest BCUT2D eigenvalue weighted by Crippen LogP contribution is -2.38. The van der Waals surface area contributed by atoms with Crippen molar-refractivity contribution in [2.75, 3.05) is 7.11 Å². The summed E-state index contributed by atoms with van der Waals surface area (Å²) in [5.74, 6) is 0.899. The van der Waals surface area contributed by atoms with Crippen LogP contribution in [0.5, 0.6) is 5.75 Å². The minimum Gasteiger partial charge on any atom is -0.497 e. The van der Waals surface area contributed by atoms with Crippen LogP contribution in [0.1, 0.15) is 19.8 Å². The summed E-state index contributed by atoms with van der Waals surface area (Å²) in [6, 6.07) is 9.35. The van der Waals surface area contributed by atoms with E-state index in [1.165, 1.54) is 18.0 Å². The Morgan fingerprint density at radius 1 is 1.27 bits per heavy atom. The number of benzene rings is 1. The van der Waals surface area contributed by atoms with Crippen molar-refractivity contribution >= 4 is 23.6 Å². The monoisotopic (exact) mass is 242 g/mol. The Labute approximate surface area is 98.1 Å². The van der Waals surface area contributed by atoms with Gasteiger partial charge in [-0.15, -0.1) is 0 Å². The third-order valence-electron chi connectivity index (χ3n) is 2.69. The second-order valence-corrected chi connectivity index (χ2v) is 10.0. The van der Waals surface area contributed by atoms with Crippen LogP contribution in [-0.2, 0) is 0 Å². The summed E-state index contributed by atoms with van der Waals surface area (Å²) < 4.78 is 5.14. The lowest BCUT2D eigenvalue weighted by atomic mass is 10.3. The van der Waals surface area contributed by atoms with Crippen LogP contribution < -0.4 is 9.92 Å². The molecule has 0 saturated heterocycles. The molecule has 0 spiro atoms. The average molecular weight is 243 g/mol. The third-order valence-corrected chi connectivity index (χ3v) is 6.74. The number of unbranched alkanes of at least 4 members (excludes halogenated alkanes) is 1. The molecule has 0 aliphatic heterocycles. The molecular weight excluding hydrogens is 224 g/mol. The van der Waals surface area contributed by atoms with E-state index in [-0.39, 0.29) is 0 Å². The smallest absolute Gasteiger partial charge is 0.183 e. The molecule has 0 saturated carbocycles. The summed E-state index contributed by atoms with van der Waals surface area (Å²) >= 11 is 6.63. The summed E-state index contributed by atoms with van der Waals surface area (Å²) in [4.78, 5) is 0. The van der Waals surface area contributed by atoms with E-state index in [4.69, 9.17) is 15.8 Å². The summed E-state index contributed by atoms with van der Waals surface area (Å²) in [6.07, 6.45) is 2.43. The van der Waals surface area contributed by atoms with Gasteiger partial charge in [-0.1, -0.05) is 38.4 Å². The minimum atomic E-state index is -1.72. The molecule has 15 heavy (non-hydrogen) atoms. The highest BCUT2D eigenvalue weighted by molar-refractivity contribution is 7.26. The van der Waals surface area contributed by atoms with Crippen LogP contribution in [0.3, 0.4) is 0 Å². The summed E-state index contributed by atoms with van der Waals surface area (Å²) in [7, 11) is -0.0355. The largest absolute Gasteiger partial charge is 0.497 e. The molecule has 1 aromatic rings. The maximum atomic E-state index is 6.63. The van der Waals surface area contributed by atoms with Crippen LogP contribution in [0.15, 0.2) is 24.3 Å². The predicted octanol–water partition coefficient (Wildman–Crippen LogP) is 3.52. The zero-order valence-corrected chi connectivity index (χ0v) is 11.5. The van der Waals surface area contributed by atoms with E-state index in [2.05, 4.69) is 25.6 Å². The Hall–Kier alpha value is -0.473. The lowest BCUT2D eigenvalue weighted by molar-refractivity contribution is 0.415. The van der Waals surface area contributed by atoms with Crippen molar-refractivity contribution < 1.29 is 4.74 Å². The molecule has 1 atom stereocenters. The molecule has 0 aromatic heterocycles. The van der Waals surface area contributed by atoms with Gasteiger partial charge < -0.3 is 4.74 Å². The van der Waals surface area contributed by atoms with Gasteiger partial charge in [0.25, 0.3) is 0 Å². The van der Waals surface area contributed by atoms with Gasteiger partial charge in [-0.2, -0.15) is 11.1 Å². The molecule has 0 amide bonds. The Kier molecular flexibility index (Phi) is 4.67. The van der Waals surface area contributed by atoms with Crippen molar-refractivity contribution in [1.82, 2.24) is 0 Å². The van der Waals surface area contributed by atoms with E-state index in [0.717, 1.165) is 11.8 Å². The van der Waals surface area contributed by atoms with Crippen LogP contribution in [0.4, 0.5) is 0 Å². The van der Waals surface area contributed by atoms with Crippen LogP contribution in [0, 0.1) is 0 Å². The van der Waals surface area contributed by atoms with Crippen LogP contribution in [0.2, 0.25) is 12.6 Å². The van der Waals surface area contributed by atoms with Crippen LogP contribution >= 0.6 is 11.1 Å². The second-order valence-electron chi connectivity index (χ2n) is 4.03. The highest BCUT2D eigenvalue weighted by Crippen LogP contribution is 2.19. The first-order valence-corrected chi connectivity index (χ1v) is 9.15. The number of hydrogen-bond donors (Lipinski definition) is 0. The molecule has 1 aromatic carbocycles. The number of ether oxygens (including phenoxy) is 1. The van der Waals surface area contributed by atoms with Gasteiger partial charge in [0.15, 0.2) is 7.38 Å². The molecule has 84 valence electrons. The first-order valence-electron chi connectivity index (χ1n) is 5.43. The van der Waals surface area contributed by atoms with Gasteiger partial charge in [0.05, 0.1) is 7.11 Å². The highest BCUT2D eigenvalue weighted by atomic mass is 35.6. The Morgan fingerprint density at radius 2 is 1.87 bits per heavy atom. The van der Waals surface area contributed by atoms with E-state index in [1.54, 1.807) is 7.11 Å². The van der Waals surface area contributed by atoms with Gasteiger partial charge in [0.1, 0.15) is 5.75 Å². The summed E-state index contributed by atoms with van der Waals surface area (Å²) in [6.45, 7) is 4.42. The Balaban J connectivity index is 2.75. The van der Waals surface area contributed by atoms with Crippen molar-refractivity contribution in [2.24, 2.45) is 0 Å². The van der Waals surface area contributed by atoms with Crippen LogP contribution in [0.25, 0.3) is 0 Å². The van der Waals surface area contributed by atoms with Crippen molar-refractivity contribution in [3.63, 3.8) is 0 Å². The number of methoxy groups -OCH3 is 1. The van der Waals surface area contributed by atoms with Crippen molar-refractivity contribution in [2.45, 2.75) is 32.4 Å². The van der Waals surface area contributed by atoms with Crippen molar-refractivity contribution in [1.29, 1.82) is 0 Å². The van der Waals surface area contributed by atoms with Crippen molar-refractivity contribution in [3.05, 3.63) is 24.3 Å². The topological polar surface area (TPSA) is 9.23 Å². The van der Waals surface area contributed by atoms with E-state index in [0.29, 0.717) is 0 Å². The van der Waals surface area contributed by atoms with Gasteiger partial charge in [0.2, 0.25) is 0 Å². The molecule has 0 aliphatic carbocycles. The lowest BCUT2D eigenvalue weighted by Gasteiger charge is -2.19. The number of halogens is 1. The molecule has 0 N–H and O–H groups in total. The molecule has 0 fully saturated rings. The van der Waals surface area contributed by atoms with Gasteiger partial charge in [-0.25, -0.2) is 0 Å². The average Bonchev–Trinajstić information content (AvgIpc) is 2.26. The standard InChI is InChI=1S/C12H19ClOSi/c1-4-5-10-15(3,13)12-8-6-11(14-2)7-9-12/h6-9H,4-5,10H2,1-3H3. The zero-order valence-electron chi connectivity index (χ0n) is 9.72. The third kappa shape index (κ3) is 3.54. The van der Waals surface area contributed by atoms with Gasteiger partial charge in [-0.05, 0) is 23.4 Å². The fourth-order valence-corrected chi connectivity index (χ4v) is 4.54. The molecule has 3 heteroatoms. The quantitative estimate of drug-likeness (QED) is 0.567. The summed E-state index contributed by atoms with van der Waals surface area (Å²) in [5.41, 5.74) is 0. The molecule has 0 heterocycles. The minimum absolute atomic E-state index is 0.899. The Morgan fingerprint density at radius 3 is 2.33 bits per heavy atom. The zero-order chi connectivity index (χ0) is 11.3. The van der Waals surface area contributed by atoms with Crippen LogP contribution in [-0.4, -0.2) is 14.5 Å². The molecule has 0 aliphatic rings. The van der Waals surface area contributed by atoms with E-state index in [1.807, 2.05) is 12.1 Å². The first kappa shape index (κ1) is 12.6. The fourth-order valence-electron chi connectivity index (χ4n) is 1.59. The summed E-state index contributed by atoms with van der Waals surface area (Å²) in [5, 5.41) is 1.30. The maximum Gasteiger partial charge on any atom is 0.183 e. The van der Waals surface area contributed by atoms with Gasteiger partial charge in [0, 0.05) is 0 Å². The van der Waals surface area contributed by atoms with E-state index < -0.39 is 7.38 Å². The van der Waals surface area contributed by atoms with Gasteiger partial charge >= 0.3 is 0 Å². The normalized spacial score (nSPS) is 14.7. The second kappa shape index (κ2) is 5.57. The molecule has 1 nitrogen and oxygen atoms in total. The fraction of sp³-hybridized carbons (Fsp3) is 0.500.